The Morgan fingerprint density at radius 3 is 2.68 bits per heavy atom. The molecule has 0 bridgehead atoms. The first kappa shape index (κ1) is 17.7. The molecule has 2 heterocycles. The number of nitrogens with zero attached hydrogens (tertiary/aromatic N) is 1. The van der Waals surface area contributed by atoms with Crippen LogP contribution in [-0.2, 0) is 16.0 Å². The minimum Gasteiger partial charge on any atom is -0.497 e. The fraction of sp³-hybridized carbons (Fsp3) is 0.579. The molecule has 3 rings (SSSR count). The van der Waals surface area contributed by atoms with E-state index in [4.69, 9.17) is 9.47 Å². The maximum Gasteiger partial charge on any atom is 0.325 e. The quantitative estimate of drug-likeness (QED) is 0.804. The summed E-state index contributed by atoms with van der Waals surface area (Å²) in [5.41, 5.74) is 0.254. The standard InChI is InChI=1S/C19H26N2O4/c1-19(11-10-14-6-8-15(24-2)9-7-14)17(22)21(18(23)20-19)13-16-5-3-4-12-25-16/h6-9,16H,3-5,10-13H2,1-2H3,(H,20,23)/t16-,19-/m0/s1. The molecule has 2 atom stereocenters. The second-order valence-corrected chi connectivity index (χ2v) is 7.01. The predicted octanol–water partition coefficient (Wildman–Crippen LogP) is 2.51. The summed E-state index contributed by atoms with van der Waals surface area (Å²) >= 11 is 0. The summed E-state index contributed by atoms with van der Waals surface area (Å²) in [6.45, 7) is 2.87. The summed E-state index contributed by atoms with van der Waals surface area (Å²) < 4.78 is 10.8. The van der Waals surface area contributed by atoms with Crippen LogP contribution in [-0.4, -0.2) is 48.7 Å². The molecule has 1 aromatic rings. The van der Waals surface area contributed by atoms with Crippen molar-refractivity contribution >= 4 is 11.9 Å². The molecule has 2 saturated heterocycles. The number of aryl methyl sites for hydroxylation is 1. The zero-order chi connectivity index (χ0) is 17.9. The van der Waals surface area contributed by atoms with Crippen LogP contribution in [0.2, 0.25) is 0 Å². The molecule has 1 N–H and O–H groups in total. The van der Waals surface area contributed by atoms with E-state index in [9.17, 15) is 9.59 Å². The van der Waals surface area contributed by atoms with E-state index in [1.807, 2.05) is 24.3 Å². The van der Waals surface area contributed by atoms with E-state index < -0.39 is 5.54 Å². The Bertz CT molecular complexity index is 625. The number of rotatable bonds is 6. The molecule has 25 heavy (non-hydrogen) atoms. The van der Waals surface area contributed by atoms with E-state index in [0.717, 1.165) is 30.6 Å². The van der Waals surface area contributed by atoms with Crippen molar-refractivity contribution in [1.29, 1.82) is 0 Å². The lowest BCUT2D eigenvalue weighted by molar-refractivity contribution is -0.132. The summed E-state index contributed by atoms with van der Waals surface area (Å²) in [4.78, 5) is 26.4. The number of carbonyl (C=O) groups is 2. The van der Waals surface area contributed by atoms with Crippen LogP contribution in [0.25, 0.3) is 0 Å². The normalized spacial score (nSPS) is 26.6. The van der Waals surface area contributed by atoms with E-state index in [2.05, 4.69) is 5.32 Å². The van der Waals surface area contributed by atoms with Crippen LogP contribution in [0, 0.1) is 0 Å². The molecule has 0 saturated carbocycles. The molecule has 0 aliphatic carbocycles. The molecule has 2 fully saturated rings. The summed E-state index contributed by atoms with van der Waals surface area (Å²) in [6.07, 6.45) is 4.28. The van der Waals surface area contributed by atoms with Gasteiger partial charge in [0.2, 0.25) is 0 Å². The minimum absolute atomic E-state index is 0.0348. The number of nitrogens with one attached hydrogen (secondary N) is 1. The van der Waals surface area contributed by atoms with Crippen molar-refractivity contribution in [2.75, 3.05) is 20.3 Å². The van der Waals surface area contributed by atoms with E-state index in [1.165, 1.54) is 4.90 Å². The Hall–Kier alpha value is -2.08. The fourth-order valence-electron chi connectivity index (χ4n) is 3.42. The van der Waals surface area contributed by atoms with Crippen molar-refractivity contribution in [1.82, 2.24) is 10.2 Å². The Morgan fingerprint density at radius 2 is 2.04 bits per heavy atom. The number of urea groups is 1. The number of imide groups is 1. The molecule has 0 aromatic heterocycles. The van der Waals surface area contributed by atoms with Gasteiger partial charge in [0.25, 0.3) is 5.91 Å². The third kappa shape index (κ3) is 3.95. The van der Waals surface area contributed by atoms with Crippen LogP contribution < -0.4 is 10.1 Å². The van der Waals surface area contributed by atoms with Crippen LogP contribution in [0.15, 0.2) is 24.3 Å². The van der Waals surface area contributed by atoms with Gasteiger partial charge in [0.1, 0.15) is 11.3 Å². The fourth-order valence-corrected chi connectivity index (χ4v) is 3.42. The van der Waals surface area contributed by atoms with Crippen molar-refractivity contribution < 1.29 is 19.1 Å². The highest BCUT2D eigenvalue weighted by Gasteiger charge is 2.47. The summed E-state index contributed by atoms with van der Waals surface area (Å²) in [6, 6.07) is 7.46. The summed E-state index contributed by atoms with van der Waals surface area (Å²) in [5, 5.41) is 2.87. The highest BCUT2D eigenvalue weighted by atomic mass is 16.5. The molecule has 3 amide bonds. The second-order valence-electron chi connectivity index (χ2n) is 7.01. The van der Waals surface area contributed by atoms with E-state index in [1.54, 1.807) is 14.0 Å². The van der Waals surface area contributed by atoms with Crippen molar-refractivity contribution in [2.24, 2.45) is 0 Å². The summed E-state index contributed by atoms with van der Waals surface area (Å²) in [7, 11) is 1.63. The number of amides is 3. The molecular weight excluding hydrogens is 320 g/mol. The highest BCUT2D eigenvalue weighted by molar-refractivity contribution is 6.06. The molecule has 2 aliphatic rings. The van der Waals surface area contributed by atoms with Crippen molar-refractivity contribution in [3.63, 3.8) is 0 Å². The first-order chi connectivity index (χ1) is 12.0. The molecular formula is C19H26N2O4. The van der Waals surface area contributed by atoms with Crippen LogP contribution in [0.5, 0.6) is 5.75 Å². The molecule has 0 spiro atoms. The zero-order valence-corrected chi connectivity index (χ0v) is 14.9. The monoisotopic (exact) mass is 346 g/mol. The number of hydrogen-bond donors (Lipinski definition) is 1. The van der Waals surface area contributed by atoms with Gasteiger partial charge < -0.3 is 14.8 Å². The van der Waals surface area contributed by atoms with Gasteiger partial charge in [-0.05, 0) is 56.7 Å². The van der Waals surface area contributed by atoms with Gasteiger partial charge in [0.05, 0.1) is 19.8 Å². The zero-order valence-electron chi connectivity index (χ0n) is 14.9. The van der Waals surface area contributed by atoms with Crippen LogP contribution in [0.3, 0.4) is 0 Å². The lowest BCUT2D eigenvalue weighted by Gasteiger charge is -2.26. The predicted molar refractivity (Wildman–Crippen MR) is 93.6 cm³/mol. The smallest absolute Gasteiger partial charge is 0.325 e. The molecule has 6 heteroatoms. The Morgan fingerprint density at radius 1 is 1.28 bits per heavy atom. The van der Waals surface area contributed by atoms with E-state index >= 15 is 0 Å². The molecule has 2 aliphatic heterocycles. The first-order valence-corrected chi connectivity index (χ1v) is 8.90. The minimum atomic E-state index is -0.855. The van der Waals surface area contributed by atoms with Gasteiger partial charge in [-0.2, -0.15) is 0 Å². The number of benzene rings is 1. The average molecular weight is 346 g/mol. The number of methoxy groups -OCH3 is 1. The Labute approximate surface area is 148 Å². The SMILES string of the molecule is COc1ccc(CC[C@]2(C)NC(=O)N(C[C@@H]3CCCCO3)C2=O)cc1. The van der Waals surface area contributed by atoms with Gasteiger partial charge >= 0.3 is 6.03 Å². The van der Waals surface area contributed by atoms with Crippen LogP contribution in [0.1, 0.15) is 38.2 Å². The highest BCUT2D eigenvalue weighted by Crippen LogP contribution is 2.25. The summed E-state index contributed by atoms with van der Waals surface area (Å²) in [5.74, 6) is 0.652. The van der Waals surface area contributed by atoms with Crippen LogP contribution in [0.4, 0.5) is 4.79 Å². The topological polar surface area (TPSA) is 67.9 Å². The Kier molecular flexibility index (Phi) is 5.27. The van der Waals surface area contributed by atoms with Gasteiger partial charge in [-0.1, -0.05) is 12.1 Å². The number of hydrogen-bond acceptors (Lipinski definition) is 4. The van der Waals surface area contributed by atoms with E-state index in [-0.39, 0.29) is 18.0 Å². The molecule has 0 radical (unpaired) electrons. The van der Waals surface area contributed by atoms with Gasteiger partial charge in [-0.3, -0.25) is 9.69 Å². The van der Waals surface area contributed by atoms with E-state index in [0.29, 0.717) is 26.0 Å². The van der Waals surface area contributed by atoms with Gasteiger partial charge in [-0.15, -0.1) is 0 Å². The third-order valence-corrected chi connectivity index (χ3v) is 5.08. The lowest BCUT2D eigenvalue weighted by atomic mass is 9.93. The maximum atomic E-state index is 12.8. The largest absolute Gasteiger partial charge is 0.497 e. The van der Waals surface area contributed by atoms with Crippen LogP contribution >= 0.6 is 0 Å². The molecule has 1 aromatic carbocycles. The number of ether oxygens (including phenoxy) is 2. The number of carbonyl (C=O) groups excluding carboxylic acids is 2. The van der Waals surface area contributed by atoms with Gasteiger partial charge in [0.15, 0.2) is 0 Å². The van der Waals surface area contributed by atoms with Crippen molar-refractivity contribution in [3.05, 3.63) is 29.8 Å². The van der Waals surface area contributed by atoms with Crippen molar-refractivity contribution in [3.8, 4) is 5.75 Å². The Balaban J connectivity index is 1.60. The third-order valence-electron chi connectivity index (χ3n) is 5.08. The van der Waals surface area contributed by atoms with Crippen molar-refractivity contribution in [2.45, 2.75) is 50.7 Å². The molecule has 0 unspecified atom stereocenters. The maximum absolute atomic E-state index is 12.8. The van der Waals surface area contributed by atoms with Gasteiger partial charge in [0, 0.05) is 6.61 Å². The molecule has 136 valence electrons. The molecule has 6 nitrogen and oxygen atoms in total. The lowest BCUT2D eigenvalue weighted by Crippen LogP contribution is -2.45. The average Bonchev–Trinajstić information content (AvgIpc) is 2.85. The first-order valence-electron chi connectivity index (χ1n) is 8.90. The second kappa shape index (κ2) is 7.44. The van der Waals surface area contributed by atoms with Gasteiger partial charge in [-0.25, -0.2) is 4.79 Å².